The lowest BCUT2D eigenvalue weighted by atomic mass is 10.1. The Labute approximate surface area is 65.3 Å². The van der Waals surface area contributed by atoms with E-state index in [0.717, 1.165) is 24.7 Å². The zero-order chi connectivity index (χ0) is 7.68. The van der Waals surface area contributed by atoms with E-state index in [4.69, 9.17) is 0 Å². The minimum Gasteiger partial charge on any atom is -0.303 e. The van der Waals surface area contributed by atoms with Gasteiger partial charge in [-0.15, -0.1) is 0 Å². The molecule has 0 amide bonds. The van der Waals surface area contributed by atoms with E-state index in [0.29, 0.717) is 0 Å². The maximum atomic E-state index is 10.5. The van der Waals surface area contributed by atoms with Gasteiger partial charge in [0.2, 0.25) is 0 Å². The van der Waals surface area contributed by atoms with E-state index in [9.17, 15) is 4.79 Å². The smallest absolute Gasteiger partial charge is 0.127 e. The first-order valence-corrected chi connectivity index (χ1v) is 3.80. The number of nitrogens with zero attached hydrogens (tertiary/aromatic N) is 1. The van der Waals surface area contributed by atoms with Crippen molar-refractivity contribution in [2.24, 2.45) is 0 Å². The molecule has 1 unspecified atom stereocenters. The average Bonchev–Trinajstić information content (AvgIpc) is 2.47. The van der Waals surface area contributed by atoms with Crippen molar-refractivity contribution in [1.29, 1.82) is 0 Å². The van der Waals surface area contributed by atoms with E-state index in [1.54, 1.807) is 12.4 Å². The van der Waals surface area contributed by atoms with E-state index in [1.807, 2.05) is 6.07 Å². The first-order valence-electron chi connectivity index (χ1n) is 3.80. The molecule has 1 heterocycles. The maximum absolute atomic E-state index is 10.5. The minimum absolute atomic E-state index is 0.110. The molecule has 0 bridgehead atoms. The molecule has 0 N–H and O–H groups in total. The van der Waals surface area contributed by atoms with Gasteiger partial charge in [-0.2, -0.15) is 0 Å². The number of fused-ring (bicyclic) bond motifs is 1. The average molecular weight is 147 g/mol. The zero-order valence-electron chi connectivity index (χ0n) is 6.16. The predicted molar refractivity (Wildman–Crippen MR) is 41.4 cm³/mol. The molecule has 0 fully saturated rings. The third-order valence-corrected chi connectivity index (χ3v) is 2.23. The Hall–Kier alpha value is -1.18. The van der Waals surface area contributed by atoms with Crippen molar-refractivity contribution in [3.05, 3.63) is 29.6 Å². The van der Waals surface area contributed by atoms with Gasteiger partial charge in [0.05, 0.1) is 0 Å². The Balaban J connectivity index is 2.46. The predicted octanol–water partition coefficient (Wildman–Crippen LogP) is 1.31. The van der Waals surface area contributed by atoms with Crippen molar-refractivity contribution in [3.63, 3.8) is 0 Å². The van der Waals surface area contributed by atoms with E-state index in [-0.39, 0.29) is 5.92 Å². The van der Waals surface area contributed by atoms with Crippen molar-refractivity contribution in [3.8, 4) is 0 Å². The molecule has 1 aromatic heterocycles. The van der Waals surface area contributed by atoms with Crippen LogP contribution in [-0.2, 0) is 11.2 Å². The number of carbonyl (C=O) groups excluding carboxylic acids is 1. The van der Waals surface area contributed by atoms with Gasteiger partial charge in [-0.3, -0.25) is 4.98 Å². The molecule has 11 heavy (non-hydrogen) atoms. The Morgan fingerprint density at radius 1 is 1.64 bits per heavy atom. The van der Waals surface area contributed by atoms with Crippen molar-refractivity contribution in [1.82, 2.24) is 4.98 Å². The number of hydrogen-bond acceptors (Lipinski definition) is 2. The van der Waals surface area contributed by atoms with Crippen LogP contribution in [0.2, 0.25) is 0 Å². The summed E-state index contributed by atoms with van der Waals surface area (Å²) in [5, 5.41) is 0. The van der Waals surface area contributed by atoms with Crippen LogP contribution in [0.1, 0.15) is 23.5 Å². The van der Waals surface area contributed by atoms with E-state index in [2.05, 4.69) is 4.98 Å². The van der Waals surface area contributed by atoms with Gasteiger partial charge in [-0.05, 0) is 30.0 Å². The number of hydrogen-bond donors (Lipinski definition) is 0. The Kier molecular flexibility index (Phi) is 1.46. The Morgan fingerprint density at radius 2 is 2.55 bits per heavy atom. The third kappa shape index (κ3) is 0.946. The lowest BCUT2D eigenvalue weighted by Gasteiger charge is -1.99. The summed E-state index contributed by atoms with van der Waals surface area (Å²) >= 11 is 0. The molecule has 0 aromatic carbocycles. The maximum Gasteiger partial charge on any atom is 0.127 e. The molecule has 2 nitrogen and oxygen atoms in total. The van der Waals surface area contributed by atoms with Gasteiger partial charge in [0.15, 0.2) is 0 Å². The van der Waals surface area contributed by atoms with Crippen molar-refractivity contribution in [2.45, 2.75) is 18.8 Å². The Morgan fingerprint density at radius 3 is 3.36 bits per heavy atom. The number of pyridine rings is 1. The molecule has 2 rings (SSSR count). The number of rotatable bonds is 1. The highest BCUT2D eigenvalue weighted by Crippen LogP contribution is 2.29. The lowest BCUT2D eigenvalue weighted by Crippen LogP contribution is -1.93. The van der Waals surface area contributed by atoms with Crippen LogP contribution in [0.25, 0.3) is 0 Å². The van der Waals surface area contributed by atoms with Gasteiger partial charge >= 0.3 is 0 Å². The summed E-state index contributed by atoms with van der Waals surface area (Å²) in [5.41, 5.74) is 2.42. The number of carbonyl (C=O) groups is 1. The molecule has 0 aliphatic heterocycles. The molecule has 56 valence electrons. The van der Waals surface area contributed by atoms with Crippen LogP contribution in [-0.4, -0.2) is 11.3 Å². The summed E-state index contributed by atoms with van der Waals surface area (Å²) in [7, 11) is 0. The largest absolute Gasteiger partial charge is 0.303 e. The second-order valence-corrected chi connectivity index (χ2v) is 2.86. The number of aryl methyl sites for hydroxylation is 1. The second kappa shape index (κ2) is 2.46. The standard InChI is InChI=1S/C9H9NO/c11-6-8-2-1-7-3-4-10-5-9(7)8/h3-6,8H,1-2H2. The normalized spacial score (nSPS) is 21.3. The zero-order valence-corrected chi connectivity index (χ0v) is 6.16. The summed E-state index contributed by atoms with van der Waals surface area (Å²) in [6.45, 7) is 0. The first kappa shape index (κ1) is 6.53. The molecule has 1 aliphatic carbocycles. The molecular formula is C9H9NO. The van der Waals surface area contributed by atoms with E-state index >= 15 is 0 Å². The van der Waals surface area contributed by atoms with Crippen molar-refractivity contribution < 1.29 is 4.79 Å². The van der Waals surface area contributed by atoms with Gasteiger partial charge in [0, 0.05) is 18.3 Å². The molecule has 0 radical (unpaired) electrons. The molecule has 0 spiro atoms. The molecule has 0 saturated heterocycles. The highest BCUT2D eigenvalue weighted by atomic mass is 16.1. The highest BCUT2D eigenvalue weighted by molar-refractivity contribution is 5.64. The fourth-order valence-corrected chi connectivity index (χ4v) is 1.60. The van der Waals surface area contributed by atoms with Gasteiger partial charge in [-0.1, -0.05) is 0 Å². The highest BCUT2D eigenvalue weighted by Gasteiger charge is 2.20. The van der Waals surface area contributed by atoms with Gasteiger partial charge in [0.1, 0.15) is 6.29 Å². The molecule has 1 atom stereocenters. The SMILES string of the molecule is O=CC1CCc2ccncc21. The quantitative estimate of drug-likeness (QED) is 0.560. The van der Waals surface area contributed by atoms with Crippen molar-refractivity contribution >= 4 is 6.29 Å². The summed E-state index contributed by atoms with van der Waals surface area (Å²) in [4.78, 5) is 14.5. The molecular weight excluding hydrogens is 138 g/mol. The number of aldehydes is 1. The van der Waals surface area contributed by atoms with E-state index < -0.39 is 0 Å². The van der Waals surface area contributed by atoms with Crippen LogP contribution < -0.4 is 0 Å². The topological polar surface area (TPSA) is 30.0 Å². The van der Waals surface area contributed by atoms with Crippen LogP contribution in [0.5, 0.6) is 0 Å². The van der Waals surface area contributed by atoms with Crippen LogP contribution in [0.3, 0.4) is 0 Å². The fourth-order valence-electron chi connectivity index (χ4n) is 1.60. The first-order chi connectivity index (χ1) is 5.42. The summed E-state index contributed by atoms with van der Waals surface area (Å²) in [5.74, 6) is 0.110. The van der Waals surface area contributed by atoms with Gasteiger partial charge in [0.25, 0.3) is 0 Å². The molecule has 1 aliphatic rings. The van der Waals surface area contributed by atoms with E-state index in [1.165, 1.54) is 5.56 Å². The molecule has 1 aromatic rings. The second-order valence-electron chi connectivity index (χ2n) is 2.86. The molecule has 2 heteroatoms. The summed E-state index contributed by atoms with van der Waals surface area (Å²) < 4.78 is 0. The minimum atomic E-state index is 0.110. The fraction of sp³-hybridized carbons (Fsp3) is 0.333. The van der Waals surface area contributed by atoms with Crippen molar-refractivity contribution in [2.75, 3.05) is 0 Å². The van der Waals surface area contributed by atoms with Crippen LogP contribution in [0.15, 0.2) is 18.5 Å². The Bertz CT molecular complexity index is 283. The molecule has 0 saturated carbocycles. The van der Waals surface area contributed by atoms with Crippen LogP contribution in [0, 0.1) is 0 Å². The summed E-state index contributed by atoms with van der Waals surface area (Å²) in [6.07, 6.45) is 6.60. The van der Waals surface area contributed by atoms with Crippen LogP contribution in [0.4, 0.5) is 0 Å². The van der Waals surface area contributed by atoms with Crippen LogP contribution >= 0.6 is 0 Å². The lowest BCUT2D eigenvalue weighted by molar-refractivity contribution is -0.109. The third-order valence-electron chi connectivity index (χ3n) is 2.23. The van der Waals surface area contributed by atoms with Gasteiger partial charge in [-0.25, -0.2) is 0 Å². The summed E-state index contributed by atoms with van der Waals surface area (Å²) in [6, 6.07) is 2.00. The number of aromatic nitrogens is 1. The van der Waals surface area contributed by atoms with Gasteiger partial charge < -0.3 is 4.79 Å². The monoisotopic (exact) mass is 147 g/mol.